The monoisotopic (exact) mass is 187 g/mol. The van der Waals surface area contributed by atoms with Crippen LogP contribution in [0.2, 0.25) is 0 Å². The highest BCUT2D eigenvalue weighted by Crippen LogP contribution is 2.48. The van der Waals surface area contributed by atoms with Crippen LogP contribution in [0.1, 0.15) is 18.4 Å². The van der Waals surface area contributed by atoms with Gasteiger partial charge in [0, 0.05) is 29.7 Å². The Morgan fingerprint density at radius 1 is 1.29 bits per heavy atom. The fraction of sp³-hybridized carbons (Fsp3) is 0.333. The maximum Gasteiger partial charge on any atom is 0.0919 e. The fourth-order valence-electron chi connectivity index (χ4n) is 2.10. The first-order valence-electron chi connectivity index (χ1n) is 4.98. The Morgan fingerprint density at radius 2 is 2.00 bits per heavy atom. The molecule has 1 fully saturated rings. The van der Waals surface area contributed by atoms with Gasteiger partial charge in [-0.2, -0.15) is 0 Å². The predicted molar refractivity (Wildman–Crippen MR) is 56.0 cm³/mol. The van der Waals surface area contributed by atoms with E-state index in [1.165, 1.54) is 10.9 Å². The summed E-state index contributed by atoms with van der Waals surface area (Å²) in [5, 5.41) is 11.3. The molecule has 1 aromatic heterocycles. The lowest BCUT2D eigenvalue weighted by molar-refractivity contribution is 0.153. The van der Waals surface area contributed by atoms with Crippen LogP contribution in [-0.2, 0) is 12.6 Å². The van der Waals surface area contributed by atoms with Crippen molar-refractivity contribution in [2.75, 3.05) is 0 Å². The van der Waals surface area contributed by atoms with Gasteiger partial charge in [-0.25, -0.2) is 0 Å². The quantitative estimate of drug-likeness (QED) is 0.727. The summed E-state index contributed by atoms with van der Waals surface area (Å²) in [7, 11) is 2.03. The molecule has 1 heterocycles. The molecule has 0 aliphatic heterocycles. The summed E-state index contributed by atoms with van der Waals surface area (Å²) in [6.07, 6.45) is 3.86. The van der Waals surface area contributed by atoms with E-state index in [1.54, 1.807) is 0 Å². The van der Waals surface area contributed by atoms with Gasteiger partial charge in [-0.15, -0.1) is 0 Å². The van der Waals surface area contributed by atoms with E-state index in [-0.39, 0.29) is 0 Å². The minimum Gasteiger partial charge on any atom is -0.385 e. The molecule has 2 aromatic rings. The summed E-state index contributed by atoms with van der Waals surface area (Å²) in [6, 6.07) is 8.23. The number of benzene rings is 1. The van der Waals surface area contributed by atoms with Crippen molar-refractivity contribution in [1.82, 2.24) is 4.57 Å². The lowest BCUT2D eigenvalue weighted by Gasteiger charge is -2.04. The summed E-state index contributed by atoms with van der Waals surface area (Å²) in [5.41, 5.74) is 1.76. The Hall–Kier alpha value is -1.28. The lowest BCUT2D eigenvalue weighted by atomic mass is 10.1. The van der Waals surface area contributed by atoms with Crippen LogP contribution in [0.4, 0.5) is 0 Å². The number of fused-ring (bicyclic) bond motifs is 1. The standard InChI is InChI=1S/C12H13NO/c1-13-8-10(12(14)6-7-12)9-4-2-3-5-11(9)13/h2-5,8,14H,6-7H2,1H3. The highest BCUT2D eigenvalue weighted by atomic mass is 16.3. The van der Waals surface area contributed by atoms with E-state index in [0.29, 0.717) is 0 Å². The Morgan fingerprint density at radius 3 is 2.71 bits per heavy atom. The Labute approximate surface area is 82.8 Å². The van der Waals surface area contributed by atoms with Gasteiger partial charge in [-0.1, -0.05) is 18.2 Å². The Kier molecular flexibility index (Phi) is 1.38. The molecule has 0 unspecified atom stereocenters. The van der Waals surface area contributed by atoms with E-state index < -0.39 is 5.60 Å². The molecule has 1 saturated carbocycles. The molecular formula is C12H13NO. The largest absolute Gasteiger partial charge is 0.385 e. The minimum absolute atomic E-state index is 0.527. The number of rotatable bonds is 1. The zero-order valence-corrected chi connectivity index (χ0v) is 8.20. The summed E-state index contributed by atoms with van der Waals surface area (Å²) in [5.74, 6) is 0. The molecule has 0 atom stereocenters. The predicted octanol–water partition coefficient (Wildman–Crippen LogP) is 2.16. The van der Waals surface area contributed by atoms with Crippen molar-refractivity contribution in [3.05, 3.63) is 36.0 Å². The SMILES string of the molecule is Cn1cc(C2(O)CC2)c2ccccc21. The molecule has 2 heteroatoms. The molecule has 2 nitrogen and oxygen atoms in total. The molecule has 1 aromatic carbocycles. The molecule has 1 aliphatic carbocycles. The van der Waals surface area contributed by atoms with Crippen LogP contribution in [-0.4, -0.2) is 9.67 Å². The van der Waals surface area contributed by atoms with Gasteiger partial charge in [-0.05, 0) is 18.9 Å². The summed E-state index contributed by atoms with van der Waals surface area (Å²) >= 11 is 0. The molecule has 1 N–H and O–H groups in total. The number of aliphatic hydroxyl groups is 1. The van der Waals surface area contributed by atoms with Gasteiger partial charge in [0.2, 0.25) is 0 Å². The van der Waals surface area contributed by atoms with Crippen LogP contribution in [0.15, 0.2) is 30.5 Å². The van der Waals surface area contributed by atoms with Crippen molar-refractivity contribution < 1.29 is 5.11 Å². The van der Waals surface area contributed by atoms with Crippen molar-refractivity contribution in [1.29, 1.82) is 0 Å². The van der Waals surface area contributed by atoms with Crippen LogP contribution in [0, 0.1) is 0 Å². The van der Waals surface area contributed by atoms with Crippen molar-refractivity contribution >= 4 is 10.9 Å². The first-order chi connectivity index (χ1) is 6.71. The summed E-state index contributed by atoms with van der Waals surface area (Å²) in [4.78, 5) is 0. The number of nitrogens with zero attached hydrogens (tertiary/aromatic N) is 1. The van der Waals surface area contributed by atoms with E-state index >= 15 is 0 Å². The number of para-hydroxylation sites is 1. The molecular weight excluding hydrogens is 174 g/mol. The van der Waals surface area contributed by atoms with Gasteiger partial charge in [-0.3, -0.25) is 0 Å². The zero-order valence-electron chi connectivity index (χ0n) is 8.20. The molecule has 0 amide bonds. The van der Waals surface area contributed by atoms with Crippen LogP contribution in [0.3, 0.4) is 0 Å². The second kappa shape index (κ2) is 2.39. The highest BCUT2D eigenvalue weighted by molar-refractivity contribution is 5.85. The molecule has 72 valence electrons. The van der Waals surface area contributed by atoms with E-state index in [4.69, 9.17) is 0 Å². The van der Waals surface area contributed by atoms with Crippen molar-refractivity contribution in [2.24, 2.45) is 7.05 Å². The van der Waals surface area contributed by atoms with E-state index in [1.807, 2.05) is 19.2 Å². The van der Waals surface area contributed by atoms with Gasteiger partial charge >= 0.3 is 0 Å². The molecule has 1 aliphatic rings. The molecule has 3 rings (SSSR count). The van der Waals surface area contributed by atoms with Gasteiger partial charge in [0.05, 0.1) is 5.60 Å². The van der Waals surface area contributed by atoms with Crippen molar-refractivity contribution in [3.63, 3.8) is 0 Å². The first-order valence-corrected chi connectivity index (χ1v) is 4.98. The van der Waals surface area contributed by atoms with Crippen LogP contribution < -0.4 is 0 Å². The maximum absolute atomic E-state index is 10.1. The van der Waals surface area contributed by atoms with E-state index in [0.717, 1.165) is 18.4 Å². The van der Waals surface area contributed by atoms with Crippen molar-refractivity contribution in [3.8, 4) is 0 Å². The second-order valence-electron chi connectivity index (χ2n) is 4.20. The number of aromatic nitrogens is 1. The molecule has 0 spiro atoms. The fourth-order valence-corrected chi connectivity index (χ4v) is 2.10. The minimum atomic E-state index is -0.527. The third-order valence-corrected chi connectivity index (χ3v) is 3.12. The lowest BCUT2D eigenvalue weighted by Crippen LogP contribution is -2.02. The zero-order chi connectivity index (χ0) is 9.76. The van der Waals surface area contributed by atoms with Gasteiger partial charge < -0.3 is 9.67 Å². The molecule has 0 bridgehead atoms. The normalized spacial score (nSPS) is 18.7. The number of hydrogen-bond donors (Lipinski definition) is 1. The summed E-state index contributed by atoms with van der Waals surface area (Å²) < 4.78 is 2.08. The van der Waals surface area contributed by atoms with Crippen molar-refractivity contribution in [2.45, 2.75) is 18.4 Å². The average Bonchev–Trinajstić information content (AvgIpc) is 2.84. The summed E-state index contributed by atoms with van der Waals surface area (Å²) in [6.45, 7) is 0. The first kappa shape index (κ1) is 8.06. The smallest absolute Gasteiger partial charge is 0.0919 e. The molecule has 14 heavy (non-hydrogen) atoms. The molecule has 0 saturated heterocycles. The van der Waals surface area contributed by atoms with Gasteiger partial charge in [0.1, 0.15) is 0 Å². The van der Waals surface area contributed by atoms with E-state index in [9.17, 15) is 5.11 Å². The molecule has 0 radical (unpaired) electrons. The second-order valence-corrected chi connectivity index (χ2v) is 4.20. The topological polar surface area (TPSA) is 25.2 Å². The number of hydrogen-bond acceptors (Lipinski definition) is 1. The van der Waals surface area contributed by atoms with Gasteiger partial charge in [0.25, 0.3) is 0 Å². The maximum atomic E-state index is 10.1. The third kappa shape index (κ3) is 0.946. The van der Waals surface area contributed by atoms with Gasteiger partial charge in [0.15, 0.2) is 0 Å². The van der Waals surface area contributed by atoms with Crippen LogP contribution in [0.25, 0.3) is 10.9 Å². The third-order valence-electron chi connectivity index (χ3n) is 3.12. The number of aryl methyl sites for hydroxylation is 1. The van der Waals surface area contributed by atoms with Crippen LogP contribution in [0.5, 0.6) is 0 Å². The van der Waals surface area contributed by atoms with Crippen LogP contribution >= 0.6 is 0 Å². The van der Waals surface area contributed by atoms with E-state index in [2.05, 4.69) is 22.9 Å². The highest BCUT2D eigenvalue weighted by Gasteiger charge is 2.43. The Bertz CT molecular complexity index is 494. The average molecular weight is 187 g/mol. The Balaban J connectivity index is 2.34.